The quantitative estimate of drug-likeness (QED) is 0.747. The minimum Gasteiger partial charge on any atom is -0.324 e. The molecule has 0 aliphatic carbocycles. The van der Waals surface area contributed by atoms with Crippen LogP contribution in [0.4, 0.5) is 5.69 Å². The molecule has 3 aromatic rings. The third-order valence-corrected chi connectivity index (χ3v) is 4.57. The number of benzene rings is 2. The number of carbonyl (C=O) groups excluding carboxylic acids is 1. The molecule has 3 rings (SSSR count). The van der Waals surface area contributed by atoms with Crippen molar-refractivity contribution in [3.63, 3.8) is 0 Å². The molecule has 138 valence electrons. The first kappa shape index (κ1) is 18.6. The summed E-state index contributed by atoms with van der Waals surface area (Å²) >= 11 is 0. The van der Waals surface area contributed by atoms with E-state index in [1.54, 1.807) is 13.0 Å². The van der Waals surface area contributed by atoms with Gasteiger partial charge in [0.25, 0.3) is 5.56 Å². The van der Waals surface area contributed by atoms with Crippen molar-refractivity contribution in [2.45, 2.75) is 33.2 Å². The van der Waals surface area contributed by atoms with E-state index in [-0.39, 0.29) is 11.5 Å². The Labute approximate surface area is 158 Å². The number of hydrogen-bond donors (Lipinski definition) is 1. The Morgan fingerprint density at radius 3 is 2.48 bits per heavy atom. The number of carbonyl (C=O) groups is 1. The van der Waals surface area contributed by atoms with Gasteiger partial charge in [-0.25, -0.2) is 4.68 Å². The minimum atomic E-state index is -0.729. The summed E-state index contributed by atoms with van der Waals surface area (Å²) in [6.45, 7) is 5.72. The second kappa shape index (κ2) is 7.99. The van der Waals surface area contributed by atoms with Crippen molar-refractivity contribution in [3.8, 4) is 11.3 Å². The molecule has 0 fully saturated rings. The van der Waals surface area contributed by atoms with E-state index in [0.717, 1.165) is 28.8 Å². The van der Waals surface area contributed by atoms with Gasteiger partial charge in [-0.2, -0.15) is 5.10 Å². The van der Waals surface area contributed by atoms with Crippen molar-refractivity contribution in [2.24, 2.45) is 0 Å². The number of aryl methyl sites for hydroxylation is 2. The van der Waals surface area contributed by atoms with Gasteiger partial charge in [0.2, 0.25) is 5.91 Å². The predicted octanol–water partition coefficient (Wildman–Crippen LogP) is 3.98. The number of nitrogens with zero attached hydrogens (tertiary/aromatic N) is 2. The first-order valence-electron chi connectivity index (χ1n) is 9.05. The topological polar surface area (TPSA) is 64.0 Å². The zero-order valence-corrected chi connectivity index (χ0v) is 15.8. The van der Waals surface area contributed by atoms with Crippen molar-refractivity contribution in [1.82, 2.24) is 9.78 Å². The fraction of sp³-hybridized carbons (Fsp3) is 0.227. The van der Waals surface area contributed by atoms with E-state index in [1.165, 1.54) is 10.7 Å². The Morgan fingerprint density at radius 2 is 1.78 bits per heavy atom. The van der Waals surface area contributed by atoms with E-state index in [9.17, 15) is 9.59 Å². The molecule has 0 radical (unpaired) electrons. The molecule has 1 N–H and O–H groups in total. The molecule has 0 saturated carbocycles. The average Bonchev–Trinajstić information content (AvgIpc) is 2.69. The molecule has 1 atom stereocenters. The number of nitrogens with one attached hydrogen (secondary N) is 1. The maximum Gasteiger partial charge on any atom is 0.267 e. The standard InChI is InChI=1S/C22H23N3O2/c1-4-17-7-5-6-8-19(17)23-22(27)16(3)25-21(26)14-13-20(24-25)18-11-9-15(2)10-12-18/h5-14,16H,4H2,1-3H3,(H,23,27). The lowest BCUT2D eigenvalue weighted by Crippen LogP contribution is -2.33. The van der Waals surface area contributed by atoms with Crippen LogP contribution in [0.1, 0.15) is 31.0 Å². The van der Waals surface area contributed by atoms with E-state index in [0.29, 0.717) is 5.69 Å². The number of amides is 1. The summed E-state index contributed by atoms with van der Waals surface area (Å²) in [5.41, 5.74) is 4.21. The average molecular weight is 361 g/mol. The zero-order valence-electron chi connectivity index (χ0n) is 15.8. The first-order chi connectivity index (χ1) is 13.0. The van der Waals surface area contributed by atoms with Crippen LogP contribution in [0.25, 0.3) is 11.3 Å². The third kappa shape index (κ3) is 4.14. The van der Waals surface area contributed by atoms with Gasteiger partial charge in [0.1, 0.15) is 6.04 Å². The molecule has 0 aliphatic heterocycles. The van der Waals surface area contributed by atoms with E-state index < -0.39 is 6.04 Å². The molecule has 2 aromatic carbocycles. The van der Waals surface area contributed by atoms with Crippen molar-refractivity contribution in [1.29, 1.82) is 0 Å². The van der Waals surface area contributed by atoms with Gasteiger partial charge in [-0.05, 0) is 38.0 Å². The van der Waals surface area contributed by atoms with Crippen LogP contribution in [0.2, 0.25) is 0 Å². The molecule has 5 heteroatoms. The van der Waals surface area contributed by atoms with Gasteiger partial charge in [0.15, 0.2) is 0 Å². The third-order valence-electron chi connectivity index (χ3n) is 4.57. The molecule has 1 aromatic heterocycles. The molecule has 0 saturated heterocycles. The predicted molar refractivity (Wildman–Crippen MR) is 108 cm³/mol. The molecule has 5 nitrogen and oxygen atoms in total. The van der Waals surface area contributed by atoms with E-state index in [1.807, 2.05) is 62.4 Å². The van der Waals surface area contributed by atoms with Crippen molar-refractivity contribution < 1.29 is 4.79 Å². The molecule has 1 amide bonds. The molecule has 27 heavy (non-hydrogen) atoms. The summed E-state index contributed by atoms with van der Waals surface area (Å²) in [5, 5.41) is 7.34. The number of rotatable bonds is 5. The Morgan fingerprint density at radius 1 is 1.07 bits per heavy atom. The molecule has 1 heterocycles. The van der Waals surface area contributed by atoms with E-state index in [4.69, 9.17) is 0 Å². The Balaban J connectivity index is 1.88. The lowest BCUT2D eigenvalue weighted by molar-refractivity contribution is -0.119. The Hall–Kier alpha value is -3.21. The highest BCUT2D eigenvalue weighted by Crippen LogP contribution is 2.19. The number of aromatic nitrogens is 2. The summed E-state index contributed by atoms with van der Waals surface area (Å²) < 4.78 is 1.24. The first-order valence-corrected chi connectivity index (χ1v) is 9.05. The molecule has 0 aliphatic rings. The lowest BCUT2D eigenvalue weighted by Gasteiger charge is -2.16. The highest BCUT2D eigenvalue weighted by atomic mass is 16.2. The van der Waals surface area contributed by atoms with Gasteiger partial charge in [0, 0.05) is 17.3 Å². The molecular formula is C22H23N3O2. The fourth-order valence-electron chi connectivity index (χ4n) is 2.88. The van der Waals surface area contributed by atoms with E-state index in [2.05, 4.69) is 10.4 Å². The normalized spacial score (nSPS) is 11.8. The van der Waals surface area contributed by atoms with Crippen LogP contribution in [0.3, 0.4) is 0 Å². The smallest absolute Gasteiger partial charge is 0.267 e. The van der Waals surface area contributed by atoms with Crippen LogP contribution in [0.5, 0.6) is 0 Å². The summed E-state index contributed by atoms with van der Waals surface area (Å²) in [6, 6.07) is 17.9. The monoisotopic (exact) mass is 361 g/mol. The number of anilines is 1. The maximum atomic E-state index is 12.7. The van der Waals surface area contributed by atoms with Crippen LogP contribution < -0.4 is 10.9 Å². The van der Waals surface area contributed by atoms with Crippen LogP contribution in [-0.4, -0.2) is 15.7 Å². The number of para-hydroxylation sites is 1. The van der Waals surface area contributed by atoms with Gasteiger partial charge in [0.05, 0.1) is 5.69 Å². The van der Waals surface area contributed by atoms with Crippen LogP contribution >= 0.6 is 0 Å². The van der Waals surface area contributed by atoms with E-state index >= 15 is 0 Å². The van der Waals surface area contributed by atoms with Gasteiger partial charge in [-0.15, -0.1) is 0 Å². The summed E-state index contributed by atoms with van der Waals surface area (Å²) in [4.78, 5) is 25.0. The van der Waals surface area contributed by atoms with Gasteiger partial charge >= 0.3 is 0 Å². The number of hydrogen-bond acceptors (Lipinski definition) is 3. The van der Waals surface area contributed by atoms with Gasteiger partial charge in [-0.1, -0.05) is 55.0 Å². The summed E-state index contributed by atoms with van der Waals surface area (Å²) in [6.07, 6.45) is 0.811. The maximum absolute atomic E-state index is 12.7. The second-order valence-electron chi connectivity index (χ2n) is 6.54. The van der Waals surface area contributed by atoms with Gasteiger partial charge in [-0.3, -0.25) is 9.59 Å². The van der Waals surface area contributed by atoms with Crippen molar-refractivity contribution >= 4 is 11.6 Å². The zero-order chi connectivity index (χ0) is 19.4. The van der Waals surface area contributed by atoms with Crippen LogP contribution in [0, 0.1) is 6.92 Å². The molecular weight excluding hydrogens is 338 g/mol. The van der Waals surface area contributed by atoms with Crippen molar-refractivity contribution in [3.05, 3.63) is 82.1 Å². The summed E-state index contributed by atoms with van der Waals surface area (Å²) in [7, 11) is 0. The van der Waals surface area contributed by atoms with Crippen LogP contribution in [-0.2, 0) is 11.2 Å². The Kier molecular flexibility index (Phi) is 5.50. The lowest BCUT2D eigenvalue weighted by atomic mass is 10.1. The summed E-state index contributed by atoms with van der Waals surface area (Å²) in [5.74, 6) is -0.272. The SMILES string of the molecule is CCc1ccccc1NC(=O)C(C)n1nc(-c2ccc(C)cc2)ccc1=O. The largest absolute Gasteiger partial charge is 0.324 e. The molecule has 0 spiro atoms. The fourth-order valence-corrected chi connectivity index (χ4v) is 2.88. The highest BCUT2D eigenvalue weighted by Gasteiger charge is 2.19. The Bertz CT molecular complexity index is 1010. The molecule has 1 unspecified atom stereocenters. The molecule has 0 bridgehead atoms. The van der Waals surface area contributed by atoms with Gasteiger partial charge < -0.3 is 5.32 Å². The second-order valence-corrected chi connectivity index (χ2v) is 6.54. The van der Waals surface area contributed by atoms with Crippen molar-refractivity contribution in [2.75, 3.05) is 5.32 Å². The minimum absolute atomic E-state index is 0.272. The highest BCUT2D eigenvalue weighted by molar-refractivity contribution is 5.94. The van der Waals surface area contributed by atoms with Crippen LogP contribution in [0.15, 0.2) is 65.5 Å².